The fraction of sp³-hybridized carbons (Fsp3) is 0.593. The average molecular weight is 467 g/mol. The van der Waals surface area contributed by atoms with E-state index in [0.29, 0.717) is 23.6 Å². The minimum atomic E-state index is -0.146. The molecule has 1 saturated carbocycles. The Bertz CT molecular complexity index is 982. The van der Waals surface area contributed by atoms with Gasteiger partial charge in [-0.1, -0.05) is 37.8 Å². The monoisotopic (exact) mass is 466 g/mol. The van der Waals surface area contributed by atoms with Gasteiger partial charge in [-0.25, -0.2) is 0 Å². The largest absolute Gasteiger partial charge is 0.487 e. The Hall–Kier alpha value is -2.83. The van der Waals surface area contributed by atoms with Crippen molar-refractivity contribution in [3.05, 3.63) is 47.3 Å². The predicted octanol–water partition coefficient (Wildman–Crippen LogP) is 4.60. The van der Waals surface area contributed by atoms with Crippen LogP contribution in [0.1, 0.15) is 84.3 Å². The van der Waals surface area contributed by atoms with Gasteiger partial charge in [-0.05, 0) is 57.2 Å². The number of rotatable bonds is 1. The molecule has 0 radical (unpaired) electrons. The fourth-order valence-corrected chi connectivity index (χ4v) is 5.18. The number of carbonyl (C=O) groups excluding carboxylic acids is 2. The van der Waals surface area contributed by atoms with Gasteiger partial charge >= 0.3 is 0 Å². The van der Waals surface area contributed by atoms with Gasteiger partial charge in [0.25, 0.3) is 11.8 Å². The van der Waals surface area contributed by atoms with Crippen molar-refractivity contribution in [2.24, 2.45) is 7.05 Å². The summed E-state index contributed by atoms with van der Waals surface area (Å²) < 4.78 is 8.33. The molecule has 7 heteroatoms. The third kappa shape index (κ3) is 5.45. The first-order chi connectivity index (χ1) is 16.5. The zero-order valence-electron chi connectivity index (χ0n) is 20.8. The van der Waals surface area contributed by atoms with E-state index >= 15 is 0 Å². The van der Waals surface area contributed by atoms with Gasteiger partial charge in [0.15, 0.2) is 5.69 Å². The standard InChI is InChI=1S/C27H38N4O3/c1-20-19-22(28-30(20)3)27(33)31-18-12-6-4-5-11-17-29(2)26(32)21-13-7-9-15-24(21)34-25-16-10-8-14-23(25)31/h7,9,13,15,19,23,25H,4-6,8,10-12,14,16-18H2,1-3H3/t23-,25+/m1/s1. The lowest BCUT2D eigenvalue weighted by atomic mass is 9.90. The van der Waals surface area contributed by atoms with Crippen LogP contribution in [0.25, 0.3) is 0 Å². The summed E-state index contributed by atoms with van der Waals surface area (Å²) in [5, 5.41) is 4.48. The van der Waals surface area contributed by atoms with Crippen LogP contribution in [0.4, 0.5) is 0 Å². The predicted molar refractivity (Wildman–Crippen MR) is 132 cm³/mol. The molecular weight excluding hydrogens is 428 g/mol. The van der Waals surface area contributed by atoms with Gasteiger partial charge in [0, 0.05) is 32.9 Å². The van der Waals surface area contributed by atoms with Crippen LogP contribution in [0.5, 0.6) is 5.75 Å². The second kappa shape index (κ2) is 11.1. The third-order valence-corrected chi connectivity index (χ3v) is 7.30. The molecule has 1 aliphatic carbocycles. The van der Waals surface area contributed by atoms with Crippen LogP contribution in [0.3, 0.4) is 0 Å². The molecule has 0 bridgehead atoms. The minimum absolute atomic E-state index is 0.00488. The molecule has 0 N–H and O–H groups in total. The molecule has 0 unspecified atom stereocenters. The first-order valence-corrected chi connectivity index (χ1v) is 12.8. The molecule has 184 valence electrons. The topological polar surface area (TPSA) is 67.7 Å². The molecule has 0 spiro atoms. The van der Waals surface area contributed by atoms with Gasteiger partial charge in [-0.15, -0.1) is 0 Å². The number of benzene rings is 1. The molecule has 1 fully saturated rings. The molecular formula is C27H38N4O3. The Balaban J connectivity index is 1.67. The van der Waals surface area contributed by atoms with Crippen molar-refractivity contribution < 1.29 is 14.3 Å². The van der Waals surface area contributed by atoms with E-state index in [4.69, 9.17) is 4.74 Å². The lowest BCUT2D eigenvalue weighted by Crippen LogP contribution is -2.51. The molecule has 2 heterocycles. The maximum Gasteiger partial charge on any atom is 0.274 e. The Morgan fingerprint density at radius 1 is 0.971 bits per heavy atom. The summed E-state index contributed by atoms with van der Waals surface area (Å²) in [6.45, 7) is 3.41. The zero-order chi connectivity index (χ0) is 24.1. The highest BCUT2D eigenvalue weighted by Gasteiger charge is 2.36. The second-order valence-electron chi connectivity index (χ2n) is 9.79. The van der Waals surface area contributed by atoms with Crippen LogP contribution >= 0.6 is 0 Å². The molecule has 2 aromatic rings. The van der Waals surface area contributed by atoms with Crippen LogP contribution in [-0.2, 0) is 7.05 Å². The normalized spacial score (nSPS) is 22.7. The van der Waals surface area contributed by atoms with Crippen molar-refractivity contribution in [1.82, 2.24) is 19.6 Å². The number of nitrogens with zero attached hydrogens (tertiary/aromatic N) is 4. The van der Waals surface area contributed by atoms with E-state index in [9.17, 15) is 9.59 Å². The van der Waals surface area contributed by atoms with E-state index in [-0.39, 0.29) is 24.0 Å². The molecule has 34 heavy (non-hydrogen) atoms. The van der Waals surface area contributed by atoms with Crippen molar-refractivity contribution in [1.29, 1.82) is 0 Å². The van der Waals surface area contributed by atoms with Crippen LogP contribution in [0, 0.1) is 6.92 Å². The number of para-hydroxylation sites is 1. The number of fused-ring (bicyclic) bond motifs is 2. The van der Waals surface area contributed by atoms with Gasteiger partial charge in [0.1, 0.15) is 11.9 Å². The Morgan fingerprint density at radius 2 is 1.68 bits per heavy atom. The highest BCUT2D eigenvalue weighted by Crippen LogP contribution is 2.31. The van der Waals surface area contributed by atoms with Gasteiger partial charge < -0.3 is 14.5 Å². The van der Waals surface area contributed by atoms with Gasteiger partial charge in [-0.3, -0.25) is 14.3 Å². The Labute approximate surface area is 203 Å². The van der Waals surface area contributed by atoms with E-state index in [1.807, 2.05) is 56.3 Å². The van der Waals surface area contributed by atoms with E-state index < -0.39 is 0 Å². The van der Waals surface area contributed by atoms with Crippen LogP contribution in [0.2, 0.25) is 0 Å². The third-order valence-electron chi connectivity index (χ3n) is 7.30. The minimum Gasteiger partial charge on any atom is -0.487 e. The van der Waals surface area contributed by atoms with Crippen LogP contribution < -0.4 is 4.74 Å². The number of hydrogen-bond acceptors (Lipinski definition) is 4. The van der Waals surface area contributed by atoms with Crippen LogP contribution in [-0.4, -0.2) is 63.7 Å². The average Bonchev–Trinajstić information content (AvgIpc) is 3.18. The molecule has 2 amide bonds. The fourth-order valence-electron chi connectivity index (χ4n) is 5.18. The molecule has 4 rings (SSSR count). The second-order valence-corrected chi connectivity index (χ2v) is 9.79. The summed E-state index contributed by atoms with van der Waals surface area (Å²) in [7, 11) is 3.74. The summed E-state index contributed by atoms with van der Waals surface area (Å²) in [5.74, 6) is 0.597. The van der Waals surface area contributed by atoms with E-state index in [1.165, 1.54) is 0 Å². The molecule has 7 nitrogen and oxygen atoms in total. The number of aryl methyl sites for hydroxylation is 2. The summed E-state index contributed by atoms with van der Waals surface area (Å²) in [5.41, 5.74) is 2.07. The van der Waals surface area contributed by atoms with Crippen molar-refractivity contribution >= 4 is 11.8 Å². The number of hydrogen-bond donors (Lipinski definition) is 0. The van der Waals surface area contributed by atoms with Gasteiger partial charge in [-0.2, -0.15) is 5.10 Å². The summed E-state index contributed by atoms with van der Waals surface area (Å²) in [6, 6.07) is 9.38. The molecule has 0 saturated heterocycles. The lowest BCUT2D eigenvalue weighted by Gasteiger charge is -2.40. The summed E-state index contributed by atoms with van der Waals surface area (Å²) >= 11 is 0. The first-order valence-electron chi connectivity index (χ1n) is 12.8. The SMILES string of the molecule is Cc1cc(C(=O)N2CCCCCCCN(C)C(=O)c3ccccc3O[C@H]3CCCC[C@H]32)nn1C. The molecule has 1 aromatic carbocycles. The molecule has 2 aliphatic rings. The molecule has 1 aliphatic heterocycles. The zero-order valence-corrected chi connectivity index (χ0v) is 20.8. The maximum atomic E-state index is 13.7. The number of aromatic nitrogens is 2. The number of ether oxygens (including phenoxy) is 1. The number of amides is 2. The highest BCUT2D eigenvalue weighted by atomic mass is 16.5. The lowest BCUT2D eigenvalue weighted by molar-refractivity contribution is 0.0266. The maximum absolute atomic E-state index is 13.7. The van der Waals surface area contributed by atoms with Crippen molar-refractivity contribution in [3.8, 4) is 5.75 Å². The Morgan fingerprint density at radius 3 is 2.44 bits per heavy atom. The smallest absolute Gasteiger partial charge is 0.274 e. The molecule has 1 aromatic heterocycles. The van der Waals surface area contributed by atoms with Crippen molar-refractivity contribution in [3.63, 3.8) is 0 Å². The molecule has 2 atom stereocenters. The van der Waals surface area contributed by atoms with Gasteiger partial charge in [0.2, 0.25) is 0 Å². The van der Waals surface area contributed by atoms with E-state index in [1.54, 1.807) is 9.58 Å². The Kier molecular flexibility index (Phi) is 7.91. The quantitative estimate of drug-likeness (QED) is 0.616. The first kappa shape index (κ1) is 24.3. The number of carbonyl (C=O) groups is 2. The van der Waals surface area contributed by atoms with Crippen molar-refractivity contribution in [2.45, 2.75) is 76.9 Å². The summed E-state index contributed by atoms with van der Waals surface area (Å²) in [4.78, 5) is 30.7. The van der Waals surface area contributed by atoms with E-state index in [2.05, 4.69) is 5.10 Å². The summed E-state index contributed by atoms with van der Waals surface area (Å²) in [6.07, 6.45) is 8.95. The van der Waals surface area contributed by atoms with Crippen molar-refractivity contribution in [2.75, 3.05) is 20.1 Å². The highest BCUT2D eigenvalue weighted by molar-refractivity contribution is 5.96. The van der Waals surface area contributed by atoms with Gasteiger partial charge in [0.05, 0.1) is 11.6 Å². The van der Waals surface area contributed by atoms with E-state index in [0.717, 1.165) is 70.0 Å². The van der Waals surface area contributed by atoms with Crippen LogP contribution in [0.15, 0.2) is 30.3 Å².